The van der Waals surface area contributed by atoms with Crippen molar-refractivity contribution in [1.29, 1.82) is 0 Å². The molecule has 1 heterocycles. The highest BCUT2D eigenvalue weighted by Gasteiger charge is 2.10. The predicted molar refractivity (Wildman–Crippen MR) is 77.9 cm³/mol. The third-order valence-electron chi connectivity index (χ3n) is 3.88. The van der Waals surface area contributed by atoms with Crippen LogP contribution in [0.4, 0.5) is 0 Å². The van der Waals surface area contributed by atoms with E-state index in [0.29, 0.717) is 6.04 Å². The van der Waals surface area contributed by atoms with E-state index >= 15 is 0 Å². The second-order valence-corrected chi connectivity index (χ2v) is 5.49. The minimum absolute atomic E-state index is 0.462. The first-order chi connectivity index (χ1) is 8.75. The van der Waals surface area contributed by atoms with Crippen molar-refractivity contribution in [2.24, 2.45) is 0 Å². The molecule has 1 saturated heterocycles. The number of hydrogen-bond acceptors (Lipinski definition) is 2. The van der Waals surface area contributed by atoms with Crippen molar-refractivity contribution in [1.82, 2.24) is 10.2 Å². The SMILES string of the molecule is Cc1ccc([C@@H](C)NCCCN2CCCC2)cc1. The van der Waals surface area contributed by atoms with E-state index in [1.807, 2.05) is 0 Å². The predicted octanol–water partition coefficient (Wildman–Crippen LogP) is 3.13. The Labute approximate surface area is 111 Å². The molecule has 0 radical (unpaired) electrons. The Morgan fingerprint density at radius 1 is 1.17 bits per heavy atom. The lowest BCUT2D eigenvalue weighted by Crippen LogP contribution is -2.26. The van der Waals surface area contributed by atoms with E-state index in [4.69, 9.17) is 0 Å². The first-order valence-electron chi connectivity index (χ1n) is 7.28. The van der Waals surface area contributed by atoms with Gasteiger partial charge in [-0.05, 0) is 64.9 Å². The molecule has 1 fully saturated rings. The van der Waals surface area contributed by atoms with Gasteiger partial charge in [0.25, 0.3) is 0 Å². The molecule has 1 aliphatic rings. The molecular weight excluding hydrogens is 220 g/mol. The number of nitrogens with zero attached hydrogens (tertiary/aromatic N) is 1. The summed E-state index contributed by atoms with van der Waals surface area (Å²) in [6, 6.07) is 9.31. The highest BCUT2D eigenvalue weighted by molar-refractivity contribution is 5.23. The molecule has 1 N–H and O–H groups in total. The minimum Gasteiger partial charge on any atom is -0.310 e. The summed E-state index contributed by atoms with van der Waals surface area (Å²) in [4.78, 5) is 2.58. The Morgan fingerprint density at radius 2 is 1.83 bits per heavy atom. The van der Waals surface area contributed by atoms with E-state index in [1.165, 1.54) is 50.0 Å². The Balaban J connectivity index is 1.64. The van der Waals surface area contributed by atoms with Gasteiger partial charge in [-0.15, -0.1) is 0 Å². The van der Waals surface area contributed by atoms with E-state index in [1.54, 1.807) is 0 Å². The summed E-state index contributed by atoms with van der Waals surface area (Å²) in [5.74, 6) is 0. The maximum absolute atomic E-state index is 3.62. The van der Waals surface area contributed by atoms with Gasteiger partial charge in [-0.3, -0.25) is 0 Å². The Morgan fingerprint density at radius 3 is 2.50 bits per heavy atom. The number of benzene rings is 1. The molecule has 0 spiro atoms. The lowest BCUT2D eigenvalue weighted by atomic mass is 10.1. The fourth-order valence-electron chi connectivity index (χ4n) is 2.60. The van der Waals surface area contributed by atoms with Crippen LogP contribution >= 0.6 is 0 Å². The van der Waals surface area contributed by atoms with Crippen LogP contribution in [0.2, 0.25) is 0 Å². The Kier molecular flexibility index (Phi) is 5.21. The van der Waals surface area contributed by atoms with Gasteiger partial charge in [0.1, 0.15) is 0 Å². The maximum Gasteiger partial charge on any atom is 0.0291 e. The fourth-order valence-corrected chi connectivity index (χ4v) is 2.60. The standard InChI is InChI=1S/C16H26N2/c1-14-6-8-16(9-7-14)15(2)17-10-5-13-18-11-3-4-12-18/h6-9,15,17H,3-5,10-13H2,1-2H3/t15-/m1/s1. The Bertz CT molecular complexity index is 339. The molecule has 100 valence electrons. The van der Waals surface area contributed by atoms with Gasteiger partial charge in [0.05, 0.1) is 0 Å². The van der Waals surface area contributed by atoms with Crippen LogP contribution in [0.25, 0.3) is 0 Å². The highest BCUT2D eigenvalue weighted by Crippen LogP contribution is 2.13. The molecule has 2 heteroatoms. The zero-order valence-electron chi connectivity index (χ0n) is 11.8. The van der Waals surface area contributed by atoms with Crippen molar-refractivity contribution in [3.05, 3.63) is 35.4 Å². The molecule has 0 aliphatic carbocycles. The molecule has 0 saturated carbocycles. The minimum atomic E-state index is 0.462. The zero-order valence-corrected chi connectivity index (χ0v) is 11.8. The lowest BCUT2D eigenvalue weighted by Gasteiger charge is -2.17. The molecule has 1 aromatic rings. The van der Waals surface area contributed by atoms with Crippen molar-refractivity contribution in [3.63, 3.8) is 0 Å². The number of rotatable bonds is 6. The lowest BCUT2D eigenvalue weighted by molar-refractivity contribution is 0.328. The van der Waals surface area contributed by atoms with Crippen molar-refractivity contribution >= 4 is 0 Å². The van der Waals surface area contributed by atoms with Crippen LogP contribution < -0.4 is 5.32 Å². The monoisotopic (exact) mass is 246 g/mol. The summed E-state index contributed by atoms with van der Waals surface area (Å²) in [7, 11) is 0. The molecule has 0 amide bonds. The van der Waals surface area contributed by atoms with E-state index in [2.05, 4.69) is 48.3 Å². The molecule has 0 unspecified atom stereocenters. The van der Waals surface area contributed by atoms with Crippen LogP contribution in [0.5, 0.6) is 0 Å². The first-order valence-corrected chi connectivity index (χ1v) is 7.28. The summed E-state index contributed by atoms with van der Waals surface area (Å²) in [6.45, 7) is 9.39. The van der Waals surface area contributed by atoms with Gasteiger partial charge in [0, 0.05) is 6.04 Å². The van der Waals surface area contributed by atoms with E-state index < -0.39 is 0 Å². The largest absolute Gasteiger partial charge is 0.310 e. The van der Waals surface area contributed by atoms with Crippen LogP contribution in [0.15, 0.2) is 24.3 Å². The third kappa shape index (κ3) is 4.11. The molecule has 0 aromatic heterocycles. The summed E-state index contributed by atoms with van der Waals surface area (Å²) >= 11 is 0. The van der Waals surface area contributed by atoms with Crippen molar-refractivity contribution in [2.45, 2.75) is 39.2 Å². The third-order valence-corrected chi connectivity index (χ3v) is 3.88. The van der Waals surface area contributed by atoms with Gasteiger partial charge in [-0.25, -0.2) is 0 Å². The quantitative estimate of drug-likeness (QED) is 0.776. The molecule has 2 rings (SSSR count). The molecular formula is C16H26N2. The normalized spacial score (nSPS) is 18.1. The summed E-state index contributed by atoms with van der Waals surface area (Å²) in [5.41, 5.74) is 2.72. The number of hydrogen-bond donors (Lipinski definition) is 1. The number of nitrogens with one attached hydrogen (secondary N) is 1. The van der Waals surface area contributed by atoms with Gasteiger partial charge in [-0.2, -0.15) is 0 Å². The smallest absolute Gasteiger partial charge is 0.0291 e. The average Bonchev–Trinajstić information content (AvgIpc) is 2.88. The van der Waals surface area contributed by atoms with Crippen molar-refractivity contribution < 1.29 is 0 Å². The summed E-state index contributed by atoms with van der Waals surface area (Å²) < 4.78 is 0. The molecule has 0 bridgehead atoms. The van der Waals surface area contributed by atoms with E-state index in [-0.39, 0.29) is 0 Å². The summed E-state index contributed by atoms with van der Waals surface area (Å²) in [6.07, 6.45) is 4.05. The van der Waals surface area contributed by atoms with Gasteiger partial charge >= 0.3 is 0 Å². The number of aryl methyl sites for hydroxylation is 1. The Hall–Kier alpha value is -0.860. The van der Waals surface area contributed by atoms with Crippen LogP contribution in [0.1, 0.15) is 43.4 Å². The van der Waals surface area contributed by atoms with Gasteiger partial charge in [0.15, 0.2) is 0 Å². The van der Waals surface area contributed by atoms with Gasteiger partial charge in [-0.1, -0.05) is 29.8 Å². The van der Waals surface area contributed by atoms with E-state index in [0.717, 1.165) is 6.54 Å². The molecule has 18 heavy (non-hydrogen) atoms. The molecule has 1 aromatic carbocycles. The fraction of sp³-hybridized carbons (Fsp3) is 0.625. The average molecular weight is 246 g/mol. The van der Waals surface area contributed by atoms with Crippen molar-refractivity contribution in [3.8, 4) is 0 Å². The molecule has 2 nitrogen and oxygen atoms in total. The second-order valence-electron chi connectivity index (χ2n) is 5.49. The van der Waals surface area contributed by atoms with Crippen LogP contribution in [-0.4, -0.2) is 31.1 Å². The maximum atomic E-state index is 3.62. The van der Waals surface area contributed by atoms with Crippen LogP contribution in [0.3, 0.4) is 0 Å². The molecule has 1 aliphatic heterocycles. The van der Waals surface area contributed by atoms with Gasteiger partial charge in [0.2, 0.25) is 0 Å². The van der Waals surface area contributed by atoms with Crippen LogP contribution in [-0.2, 0) is 0 Å². The first kappa shape index (κ1) is 13.6. The van der Waals surface area contributed by atoms with E-state index in [9.17, 15) is 0 Å². The topological polar surface area (TPSA) is 15.3 Å². The van der Waals surface area contributed by atoms with Crippen LogP contribution in [0, 0.1) is 6.92 Å². The number of likely N-dealkylation sites (tertiary alicyclic amines) is 1. The van der Waals surface area contributed by atoms with Gasteiger partial charge < -0.3 is 10.2 Å². The summed E-state index contributed by atoms with van der Waals surface area (Å²) in [5, 5.41) is 3.62. The highest BCUT2D eigenvalue weighted by atomic mass is 15.1. The van der Waals surface area contributed by atoms with Crippen molar-refractivity contribution in [2.75, 3.05) is 26.2 Å². The molecule has 1 atom stereocenters. The zero-order chi connectivity index (χ0) is 12.8. The second kappa shape index (κ2) is 6.91.